The molecule has 1 aliphatic rings. The van der Waals surface area contributed by atoms with Gasteiger partial charge in [-0.2, -0.15) is 0 Å². The van der Waals surface area contributed by atoms with Crippen LogP contribution in [0.4, 0.5) is 5.82 Å². The number of aromatic nitrogens is 1. The Labute approximate surface area is 216 Å². The van der Waals surface area contributed by atoms with Gasteiger partial charge in [0.05, 0.1) is 16.6 Å². The number of carbonyl (C=O) groups is 3. The molecule has 0 unspecified atom stereocenters. The summed E-state index contributed by atoms with van der Waals surface area (Å²) in [5.41, 5.74) is 4.21. The zero-order valence-electron chi connectivity index (χ0n) is 21.1. The molecule has 2 heterocycles. The molecule has 37 heavy (non-hydrogen) atoms. The Morgan fingerprint density at radius 2 is 1.38 bits per heavy atom. The molecule has 3 amide bonds. The SMILES string of the molecule is CCc1c(NC(=O)CCCCCCN2C(=O)c3ccccc3C2=O)n(-c2ccccc2)c2ccccc12. The summed E-state index contributed by atoms with van der Waals surface area (Å²) in [6.07, 6.45) is 4.43. The number of hydrogen-bond donors (Lipinski definition) is 1. The predicted octanol–water partition coefficient (Wildman–Crippen LogP) is 6.38. The first-order valence-corrected chi connectivity index (χ1v) is 13.0. The number of imide groups is 1. The van der Waals surface area contributed by atoms with E-state index in [9.17, 15) is 14.4 Å². The maximum Gasteiger partial charge on any atom is 0.261 e. The van der Waals surface area contributed by atoms with Gasteiger partial charge in [-0.15, -0.1) is 0 Å². The molecule has 0 radical (unpaired) electrons. The van der Waals surface area contributed by atoms with Crippen molar-refractivity contribution in [2.45, 2.75) is 45.4 Å². The number of amides is 3. The van der Waals surface area contributed by atoms with Crippen molar-refractivity contribution in [3.05, 3.63) is 95.6 Å². The van der Waals surface area contributed by atoms with Crippen LogP contribution in [0.1, 0.15) is 65.3 Å². The summed E-state index contributed by atoms with van der Waals surface area (Å²) in [4.78, 5) is 39.3. The molecule has 0 aliphatic carbocycles. The topological polar surface area (TPSA) is 71.4 Å². The molecule has 1 N–H and O–H groups in total. The van der Waals surface area contributed by atoms with E-state index in [0.717, 1.165) is 60.1 Å². The average Bonchev–Trinajstić information content (AvgIpc) is 3.37. The molecule has 5 rings (SSSR count). The second-order valence-electron chi connectivity index (χ2n) is 9.39. The standard InChI is InChI=1S/C31H31N3O3/c1-2-23-24-16-11-12-19-27(24)34(22-14-6-5-7-15-22)29(23)32-28(35)20-8-3-4-13-21-33-30(36)25-17-9-10-18-26(25)31(33)37/h5-7,9-12,14-19H,2-4,8,13,20-21H2,1H3,(H,32,35). The molecule has 1 aromatic heterocycles. The van der Waals surface area contributed by atoms with E-state index < -0.39 is 0 Å². The summed E-state index contributed by atoms with van der Waals surface area (Å²) in [6, 6.07) is 25.3. The summed E-state index contributed by atoms with van der Waals surface area (Å²) in [5, 5.41) is 4.35. The van der Waals surface area contributed by atoms with Gasteiger partial charge in [-0.3, -0.25) is 23.9 Å². The highest BCUT2D eigenvalue weighted by molar-refractivity contribution is 6.21. The van der Waals surface area contributed by atoms with Crippen LogP contribution in [0.3, 0.4) is 0 Å². The highest BCUT2D eigenvalue weighted by atomic mass is 16.2. The van der Waals surface area contributed by atoms with Crippen LogP contribution in [0.5, 0.6) is 0 Å². The van der Waals surface area contributed by atoms with E-state index in [0.29, 0.717) is 24.1 Å². The summed E-state index contributed by atoms with van der Waals surface area (Å²) in [5.74, 6) is 0.418. The van der Waals surface area contributed by atoms with E-state index in [4.69, 9.17) is 0 Å². The van der Waals surface area contributed by atoms with Gasteiger partial charge in [0, 0.05) is 29.6 Å². The minimum Gasteiger partial charge on any atom is -0.312 e. The van der Waals surface area contributed by atoms with Gasteiger partial charge in [-0.25, -0.2) is 0 Å². The van der Waals surface area contributed by atoms with Crippen LogP contribution in [0.2, 0.25) is 0 Å². The van der Waals surface area contributed by atoms with Crippen LogP contribution in [-0.4, -0.2) is 33.7 Å². The van der Waals surface area contributed by atoms with Gasteiger partial charge in [0.2, 0.25) is 5.91 Å². The Bertz CT molecular complexity index is 1420. The molecular weight excluding hydrogens is 462 g/mol. The molecule has 0 spiro atoms. The van der Waals surface area contributed by atoms with Crippen molar-refractivity contribution in [2.24, 2.45) is 0 Å². The van der Waals surface area contributed by atoms with Gasteiger partial charge in [0.25, 0.3) is 11.8 Å². The number of unbranched alkanes of at least 4 members (excludes halogenated alkanes) is 3. The Hall–Kier alpha value is -4.19. The molecule has 188 valence electrons. The quantitative estimate of drug-likeness (QED) is 0.206. The largest absolute Gasteiger partial charge is 0.312 e. The summed E-state index contributed by atoms with van der Waals surface area (Å²) >= 11 is 0. The van der Waals surface area contributed by atoms with Crippen molar-refractivity contribution in [2.75, 3.05) is 11.9 Å². The summed E-state index contributed by atoms with van der Waals surface area (Å²) < 4.78 is 2.13. The van der Waals surface area contributed by atoms with Gasteiger partial charge in [0.1, 0.15) is 5.82 Å². The lowest BCUT2D eigenvalue weighted by Crippen LogP contribution is -2.30. The third kappa shape index (κ3) is 4.79. The first kappa shape index (κ1) is 24.5. The molecule has 0 fully saturated rings. The molecule has 0 atom stereocenters. The fraction of sp³-hybridized carbons (Fsp3) is 0.258. The number of hydrogen-bond acceptors (Lipinski definition) is 3. The minimum absolute atomic E-state index is 0.00460. The lowest BCUT2D eigenvalue weighted by atomic mass is 10.1. The van der Waals surface area contributed by atoms with Gasteiger partial charge >= 0.3 is 0 Å². The zero-order valence-corrected chi connectivity index (χ0v) is 21.1. The molecule has 6 heteroatoms. The smallest absolute Gasteiger partial charge is 0.261 e. The van der Waals surface area contributed by atoms with Gasteiger partial charge < -0.3 is 5.32 Å². The van der Waals surface area contributed by atoms with Crippen LogP contribution >= 0.6 is 0 Å². The normalized spacial score (nSPS) is 12.8. The molecule has 0 bridgehead atoms. The average molecular weight is 494 g/mol. The second-order valence-corrected chi connectivity index (χ2v) is 9.39. The van der Waals surface area contributed by atoms with Crippen molar-refractivity contribution in [1.82, 2.24) is 9.47 Å². The van der Waals surface area contributed by atoms with Crippen LogP contribution in [-0.2, 0) is 11.2 Å². The van der Waals surface area contributed by atoms with Gasteiger partial charge in [0.15, 0.2) is 0 Å². The van der Waals surface area contributed by atoms with Crippen LogP contribution in [0.25, 0.3) is 16.6 Å². The highest BCUT2D eigenvalue weighted by Crippen LogP contribution is 2.34. The lowest BCUT2D eigenvalue weighted by molar-refractivity contribution is -0.116. The molecular formula is C31H31N3O3. The predicted molar refractivity (Wildman–Crippen MR) is 146 cm³/mol. The number of carbonyl (C=O) groups excluding carboxylic acids is 3. The Kier molecular flexibility index (Phi) is 7.17. The number of para-hydroxylation sites is 2. The number of rotatable bonds is 10. The maximum absolute atomic E-state index is 13.0. The summed E-state index contributed by atoms with van der Waals surface area (Å²) in [6.45, 7) is 2.52. The fourth-order valence-corrected chi connectivity index (χ4v) is 5.19. The molecule has 1 aliphatic heterocycles. The minimum atomic E-state index is -0.208. The molecule has 3 aromatic carbocycles. The van der Waals surface area contributed by atoms with Crippen LogP contribution in [0, 0.1) is 0 Å². The highest BCUT2D eigenvalue weighted by Gasteiger charge is 2.34. The summed E-state index contributed by atoms with van der Waals surface area (Å²) in [7, 11) is 0. The third-order valence-electron chi connectivity index (χ3n) is 7.02. The number of anilines is 1. The van der Waals surface area contributed by atoms with Crippen molar-refractivity contribution < 1.29 is 14.4 Å². The fourth-order valence-electron chi connectivity index (χ4n) is 5.19. The Morgan fingerprint density at radius 1 is 0.757 bits per heavy atom. The van der Waals surface area contributed by atoms with E-state index in [1.807, 2.05) is 30.3 Å². The van der Waals surface area contributed by atoms with E-state index >= 15 is 0 Å². The van der Waals surface area contributed by atoms with E-state index in [1.165, 1.54) is 4.90 Å². The van der Waals surface area contributed by atoms with Gasteiger partial charge in [-0.05, 0) is 49.6 Å². The molecule has 4 aromatic rings. The second kappa shape index (κ2) is 10.8. The third-order valence-corrected chi connectivity index (χ3v) is 7.02. The Morgan fingerprint density at radius 3 is 2.08 bits per heavy atom. The number of nitrogens with one attached hydrogen (secondary N) is 1. The van der Waals surface area contributed by atoms with E-state index in [-0.39, 0.29) is 17.7 Å². The van der Waals surface area contributed by atoms with Crippen molar-refractivity contribution in [1.29, 1.82) is 0 Å². The maximum atomic E-state index is 13.0. The first-order valence-electron chi connectivity index (χ1n) is 13.0. The molecule has 6 nitrogen and oxygen atoms in total. The molecule has 0 saturated heterocycles. The zero-order chi connectivity index (χ0) is 25.8. The number of aryl methyl sites for hydroxylation is 1. The number of nitrogens with zero attached hydrogens (tertiary/aromatic N) is 2. The number of benzene rings is 3. The van der Waals surface area contributed by atoms with Crippen LogP contribution in [0.15, 0.2) is 78.9 Å². The van der Waals surface area contributed by atoms with E-state index in [2.05, 4.69) is 41.1 Å². The van der Waals surface area contributed by atoms with Crippen molar-refractivity contribution in [3.63, 3.8) is 0 Å². The van der Waals surface area contributed by atoms with E-state index in [1.54, 1.807) is 24.3 Å². The number of fused-ring (bicyclic) bond motifs is 2. The monoisotopic (exact) mass is 493 g/mol. The van der Waals surface area contributed by atoms with Crippen molar-refractivity contribution >= 4 is 34.4 Å². The molecule has 0 saturated carbocycles. The lowest BCUT2D eigenvalue weighted by Gasteiger charge is -2.14. The van der Waals surface area contributed by atoms with Gasteiger partial charge in [-0.1, -0.05) is 68.3 Å². The van der Waals surface area contributed by atoms with Crippen LogP contribution < -0.4 is 5.32 Å². The Balaban J connectivity index is 1.17. The van der Waals surface area contributed by atoms with Crippen molar-refractivity contribution in [3.8, 4) is 5.69 Å². The first-order chi connectivity index (χ1) is 18.1.